The normalized spacial score (nSPS) is 15.7. The molecule has 1 atom stereocenters. The van der Waals surface area contributed by atoms with Crippen LogP contribution in [0.5, 0.6) is 5.75 Å². The van der Waals surface area contributed by atoms with Crippen molar-refractivity contribution in [3.05, 3.63) is 77.6 Å². The van der Waals surface area contributed by atoms with E-state index in [2.05, 4.69) is 10.6 Å². The number of aromatic nitrogens is 2. The van der Waals surface area contributed by atoms with Gasteiger partial charge < -0.3 is 20.1 Å². The summed E-state index contributed by atoms with van der Waals surface area (Å²) in [7, 11) is 1.63. The Morgan fingerprint density at radius 2 is 1.88 bits per heavy atom. The highest BCUT2D eigenvalue weighted by Gasteiger charge is 2.34. The van der Waals surface area contributed by atoms with Crippen molar-refractivity contribution in [2.45, 2.75) is 19.9 Å². The third-order valence-electron chi connectivity index (χ3n) is 5.20. The Morgan fingerprint density at radius 3 is 2.53 bits per heavy atom. The lowest BCUT2D eigenvalue weighted by atomic mass is 9.94. The summed E-state index contributed by atoms with van der Waals surface area (Å²) in [5.41, 5.74) is 4.47. The van der Waals surface area contributed by atoms with Crippen molar-refractivity contribution in [3.63, 3.8) is 0 Å². The first kappa shape index (κ1) is 21.6. The first-order chi connectivity index (χ1) is 15.5. The number of nitrogens with zero attached hydrogens (tertiary/aromatic N) is 2. The number of rotatable bonds is 6. The maximum Gasteiger partial charge on any atom is 0.338 e. The number of nitrogens with one attached hydrogen (secondary N) is 2. The summed E-state index contributed by atoms with van der Waals surface area (Å²) in [4.78, 5) is 12.9. The van der Waals surface area contributed by atoms with Crippen LogP contribution in [0, 0.1) is 0 Å². The molecule has 1 aliphatic rings. The van der Waals surface area contributed by atoms with Gasteiger partial charge in [0.2, 0.25) is 0 Å². The predicted molar refractivity (Wildman–Crippen MR) is 126 cm³/mol. The van der Waals surface area contributed by atoms with E-state index in [0.717, 1.165) is 28.3 Å². The van der Waals surface area contributed by atoms with Gasteiger partial charge in [-0.25, -0.2) is 9.48 Å². The van der Waals surface area contributed by atoms with Crippen LogP contribution in [0.4, 0.5) is 0 Å². The molecule has 1 aromatic heterocycles. The van der Waals surface area contributed by atoms with E-state index in [4.69, 9.17) is 26.8 Å². The van der Waals surface area contributed by atoms with Gasteiger partial charge >= 0.3 is 5.97 Å². The highest BCUT2D eigenvalue weighted by molar-refractivity contribution is 7.80. The summed E-state index contributed by atoms with van der Waals surface area (Å²) >= 11 is 5.40. The van der Waals surface area contributed by atoms with Crippen LogP contribution in [-0.2, 0) is 9.53 Å². The lowest BCUT2D eigenvalue weighted by Crippen LogP contribution is -2.45. The van der Waals surface area contributed by atoms with Crippen LogP contribution in [0.3, 0.4) is 0 Å². The third-order valence-corrected chi connectivity index (χ3v) is 5.42. The second kappa shape index (κ2) is 9.23. The lowest BCUT2D eigenvalue weighted by molar-refractivity contribution is -0.139. The molecule has 0 spiro atoms. The molecule has 0 bridgehead atoms. The number of hydrogen-bond donors (Lipinski definition) is 2. The maximum absolute atomic E-state index is 12.9. The first-order valence-corrected chi connectivity index (χ1v) is 10.7. The number of para-hydroxylation sites is 1. The Morgan fingerprint density at radius 1 is 1.16 bits per heavy atom. The minimum Gasteiger partial charge on any atom is -0.497 e. The molecule has 0 saturated heterocycles. The zero-order valence-corrected chi connectivity index (χ0v) is 18.9. The molecule has 32 heavy (non-hydrogen) atoms. The fourth-order valence-electron chi connectivity index (χ4n) is 3.69. The maximum atomic E-state index is 12.9. The second-order valence-corrected chi connectivity index (χ2v) is 7.64. The number of ether oxygens (including phenoxy) is 2. The molecule has 2 N–H and O–H groups in total. The van der Waals surface area contributed by atoms with Crippen molar-refractivity contribution >= 4 is 23.3 Å². The molecule has 7 nitrogen and oxygen atoms in total. The van der Waals surface area contributed by atoms with Crippen molar-refractivity contribution < 1.29 is 14.3 Å². The SMILES string of the molecule is CCOC(=O)C1=C(C)NC(=S)N[C@H]1c1cn(-c2ccccc2)nc1-c1ccc(OC)cc1. The molecule has 4 rings (SSSR count). The van der Waals surface area contributed by atoms with E-state index in [1.54, 1.807) is 18.7 Å². The quantitative estimate of drug-likeness (QED) is 0.437. The van der Waals surface area contributed by atoms with Gasteiger partial charge in [0.1, 0.15) is 5.75 Å². The molecule has 0 fully saturated rings. The van der Waals surface area contributed by atoms with Crippen LogP contribution >= 0.6 is 12.2 Å². The average molecular weight is 449 g/mol. The van der Waals surface area contributed by atoms with E-state index in [0.29, 0.717) is 16.4 Å². The second-order valence-electron chi connectivity index (χ2n) is 7.23. The topological polar surface area (TPSA) is 77.4 Å². The fraction of sp³-hybridized carbons (Fsp3) is 0.208. The fourth-order valence-corrected chi connectivity index (χ4v) is 3.96. The highest BCUT2D eigenvalue weighted by atomic mass is 32.1. The summed E-state index contributed by atoms with van der Waals surface area (Å²) in [6.45, 7) is 3.88. The molecule has 3 aromatic rings. The summed E-state index contributed by atoms with van der Waals surface area (Å²) in [5.74, 6) is 0.354. The minimum atomic E-state index is -0.516. The number of carbonyl (C=O) groups is 1. The van der Waals surface area contributed by atoms with E-state index in [-0.39, 0.29) is 6.61 Å². The molecule has 1 aliphatic heterocycles. The molecule has 8 heteroatoms. The van der Waals surface area contributed by atoms with Gasteiger partial charge in [-0.3, -0.25) is 0 Å². The largest absolute Gasteiger partial charge is 0.497 e. The summed E-state index contributed by atoms with van der Waals surface area (Å²) in [6, 6.07) is 17.0. The van der Waals surface area contributed by atoms with E-state index in [9.17, 15) is 4.79 Å². The minimum absolute atomic E-state index is 0.279. The Hall–Kier alpha value is -3.65. The van der Waals surface area contributed by atoms with Gasteiger partial charge in [-0.1, -0.05) is 18.2 Å². The lowest BCUT2D eigenvalue weighted by Gasteiger charge is -2.29. The number of methoxy groups -OCH3 is 1. The van der Waals surface area contributed by atoms with E-state index >= 15 is 0 Å². The van der Waals surface area contributed by atoms with E-state index in [1.165, 1.54) is 0 Å². The van der Waals surface area contributed by atoms with Crippen molar-refractivity contribution in [2.75, 3.05) is 13.7 Å². The molecule has 0 unspecified atom stereocenters. The first-order valence-electron chi connectivity index (χ1n) is 10.3. The van der Waals surface area contributed by atoms with Crippen LogP contribution in [0.15, 0.2) is 72.1 Å². The predicted octanol–water partition coefficient (Wildman–Crippen LogP) is 3.90. The number of thiocarbonyl (C=S) groups is 1. The third kappa shape index (κ3) is 4.22. The van der Waals surface area contributed by atoms with Crippen molar-refractivity contribution in [1.29, 1.82) is 0 Å². The molecule has 2 aromatic carbocycles. The molecule has 164 valence electrons. The van der Waals surface area contributed by atoms with Crippen molar-refractivity contribution in [1.82, 2.24) is 20.4 Å². The number of esters is 1. The molecule has 0 radical (unpaired) electrons. The highest BCUT2D eigenvalue weighted by Crippen LogP contribution is 2.35. The zero-order chi connectivity index (χ0) is 22.7. The summed E-state index contributed by atoms with van der Waals surface area (Å²) in [6.07, 6.45) is 1.92. The molecular formula is C24H24N4O3S. The number of hydrogen-bond acceptors (Lipinski definition) is 5. The van der Waals surface area contributed by atoms with Crippen molar-refractivity contribution in [3.8, 4) is 22.7 Å². The zero-order valence-electron chi connectivity index (χ0n) is 18.1. The van der Waals surface area contributed by atoms with Gasteiger partial charge in [0, 0.05) is 23.0 Å². The van der Waals surface area contributed by atoms with Gasteiger partial charge in [-0.15, -0.1) is 0 Å². The van der Waals surface area contributed by atoms with E-state index < -0.39 is 12.0 Å². The monoisotopic (exact) mass is 448 g/mol. The molecular weight excluding hydrogens is 424 g/mol. The average Bonchev–Trinajstić information content (AvgIpc) is 3.25. The number of benzene rings is 2. The Kier molecular flexibility index (Phi) is 6.23. The number of carbonyl (C=O) groups excluding carboxylic acids is 1. The number of allylic oxidation sites excluding steroid dienone is 1. The Balaban J connectivity index is 1.89. The standard InChI is InChI=1S/C24H24N4O3S/c1-4-31-23(29)20-15(2)25-24(32)26-22(20)19-14-28(17-8-6-5-7-9-17)27-21(19)16-10-12-18(30-3)13-11-16/h5-14,22H,4H2,1-3H3,(H2,25,26,32)/t22-/m0/s1. The van der Waals surface area contributed by atoms with Crippen molar-refractivity contribution in [2.24, 2.45) is 0 Å². The van der Waals surface area contributed by atoms with Gasteiger partial charge in [0.25, 0.3) is 0 Å². The molecule has 0 amide bonds. The summed E-state index contributed by atoms with van der Waals surface area (Å²) < 4.78 is 12.4. The van der Waals surface area contributed by atoms with Crippen LogP contribution in [-0.4, -0.2) is 34.6 Å². The van der Waals surface area contributed by atoms with Crippen LogP contribution < -0.4 is 15.4 Å². The van der Waals surface area contributed by atoms with Gasteiger partial charge in [-0.05, 0) is 62.5 Å². The van der Waals surface area contributed by atoms with Crippen LogP contribution in [0.1, 0.15) is 25.5 Å². The van der Waals surface area contributed by atoms with E-state index in [1.807, 2.05) is 67.7 Å². The summed E-state index contributed by atoms with van der Waals surface area (Å²) in [5, 5.41) is 11.6. The Labute approximate surface area is 192 Å². The molecule has 0 aliphatic carbocycles. The van der Waals surface area contributed by atoms with Gasteiger partial charge in [0.15, 0.2) is 5.11 Å². The van der Waals surface area contributed by atoms with Crippen LogP contribution in [0.2, 0.25) is 0 Å². The molecule has 0 saturated carbocycles. The van der Waals surface area contributed by atoms with Gasteiger partial charge in [0.05, 0.1) is 36.7 Å². The van der Waals surface area contributed by atoms with Crippen LogP contribution in [0.25, 0.3) is 16.9 Å². The van der Waals surface area contributed by atoms with Gasteiger partial charge in [-0.2, -0.15) is 5.10 Å². The molecule has 2 heterocycles. The smallest absolute Gasteiger partial charge is 0.338 e. The Bertz CT molecular complexity index is 1170.